The normalized spacial score (nSPS) is 20.5. The topological polar surface area (TPSA) is 55.4 Å². The first-order valence-electron chi connectivity index (χ1n) is 3.94. The average Bonchev–Trinajstić information content (AvgIpc) is 2.45. The molecular formula is C9H6FNO3. The zero-order valence-electron chi connectivity index (χ0n) is 6.99. The number of hydrogen-bond acceptors (Lipinski definition) is 3. The van der Waals surface area contributed by atoms with Crippen molar-refractivity contribution in [3.05, 3.63) is 35.6 Å². The number of alkyl carbamates (subject to hydrolysis) is 1. The molecule has 1 aromatic rings. The second kappa shape index (κ2) is 3.10. The summed E-state index contributed by atoms with van der Waals surface area (Å²) in [5.74, 6) is -1.04. The summed E-state index contributed by atoms with van der Waals surface area (Å²) in [5, 5.41) is 1.96. The van der Waals surface area contributed by atoms with Gasteiger partial charge in [-0.3, -0.25) is 10.1 Å². The first-order chi connectivity index (χ1) is 6.66. The fraction of sp³-hybridized carbons (Fsp3) is 0.111. The zero-order chi connectivity index (χ0) is 10.1. The SMILES string of the molecule is O=C1NC(=O)[C@H](c2cccc(F)c2)O1. The zero-order valence-corrected chi connectivity index (χ0v) is 6.99. The smallest absolute Gasteiger partial charge is 0.415 e. The lowest BCUT2D eigenvalue weighted by Gasteiger charge is -2.05. The third kappa shape index (κ3) is 1.44. The van der Waals surface area contributed by atoms with Crippen LogP contribution in [0.25, 0.3) is 0 Å². The Balaban J connectivity index is 2.31. The van der Waals surface area contributed by atoms with E-state index in [2.05, 4.69) is 4.74 Å². The van der Waals surface area contributed by atoms with Gasteiger partial charge in [-0.15, -0.1) is 0 Å². The molecule has 2 amide bonds. The van der Waals surface area contributed by atoms with Crippen LogP contribution in [-0.2, 0) is 9.53 Å². The number of amides is 2. The van der Waals surface area contributed by atoms with Gasteiger partial charge in [0.1, 0.15) is 5.82 Å². The van der Waals surface area contributed by atoms with Gasteiger partial charge < -0.3 is 4.74 Å². The van der Waals surface area contributed by atoms with Crippen molar-refractivity contribution in [3.63, 3.8) is 0 Å². The van der Waals surface area contributed by atoms with Crippen LogP contribution >= 0.6 is 0 Å². The monoisotopic (exact) mass is 195 g/mol. The average molecular weight is 195 g/mol. The number of nitrogens with one attached hydrogen (secondary N) is 1. The Morgan fingerprint density at radius 1 is 1.36 bits per heavy atom. The molecular weight excluding hydrogens is 189 g/mol. The first-order valence-corrected chi connectivity index (χ1v) is 3.94. The summed E-state index contributed by atoms with van der Waals surface area (Å²) in [6.45, 7) is 0. The molecule has 1 saturated heterocycles. The van der Waals surface area contributed by atoms with Gasteiger partial charge in [0.15, 0.2) is 0 Å². The summed E-state index contributed by atoms with van der Waals surface area (Å²) in [5.41, 5.74) is 0.327. The van der Waals surface area contributed by atoms with E-state index in [1.54, 1.807) is 0 Å². The van der Waals surface area contributed by atoms with Gasteiger partial charge in [0.05, 0.1) is 0 Å². The molecule has 1 heterocycles. The summed E-state index contributed by atoms with van der Waals surface area (Å²) < 4.78 is 17.4. The lowest BCUT2D eigenvalue weighted by atomic mass is 10.1. The Labute approximate surface area is 78.7 Å². The van der Waals surface area contributed by atoms with Crippen LogP contribution in [0.4, 0.5) is 9.18 Å². The second-order valence-electron chi connectivity index (χ2n) is 2.83. The minimum Gasteiger partial charge on any atom is -0.431 e. The molecule has 0 aromatic heterocycles. The summed E-state index contributed by atoms with van der Waals surface area (Å²) in [6.07, 6.45) is -1.83. The maximum absolute atomic E-state index is 12.8. The van der Waals surface area contributed by atoms with E-state index in [9.17, 15) is 14.0 Å². The number of imide groups is 1. The molecule has 1 atom stereocenters. The van der Waals surface area contributed by atoms with Gasteiger partial charge in [0.2, 0.25) is 6.10 Å². The quantitative estimate of drug-likeness (QED) is 0.730. The molecule has 0 radical (unpaired) electrons. The lowest BCUT2D eigenvalue weighted by molar-refractivity contribution is -0.123. The highest BCUT2D eigenvalue weighted by atomic mass is 19.1. The first kappa shape index (κ1) is 8.68. The van der Waals surface area contributed by atoms with Crippen LogP contribution < -0.4 is 5.32 Å². The van der Waals surface area contributed by atoms with Gasteiger partial charge in [-0.2, -0.15) is 0 Å². The highest BCUT2D eigenvalue weighted by Gasteiger charge is 2.33. The number of benzene rings is 1. The molecule has 1 aromatic carbocycles. The van der Waals surface area contributed by atoms with Gasteiger partial charge in [-0.05, 0) is 12.1 Å². The minimum atomic E-state index is -1.03. The molecule has 14 heavy (non-hydrogen) atoms. The van der Waals surface area contributed by atoms with E-state index in [4.69, 9.17) is 0 Å². The number of halogens is 1. The van der Waals surface area contributed by atoms with Crippen molar-refractivity contribution in [2.45, 2.75) is 6.10 Å². The Kier molecular flexibility index (Phi) is 1.92. The van der Waals surface area contributed by atoms with Crippen LogP contribution in [0.1, 0.15) is 11.7 Å². The molecule has 0 bridgehead atoms. The molecule has 0 unspecified atom stereocenters. The number of carbonyl (C=O) groups is 2. The predicted molar refractivity (Wildman–Crippen MR) is 43.8 cm³/mol. The van der Waals surface area contributed by atoms with Gasteiger partial charge in [0, 0.05) is 5.56 Å². The van der Waals surface area contributed by atoms with Crippen LogP contribution in [0.3, 0.4) is 0 Å². The molecule has 2 rings (SSSR count). The van der Waals surface area contributed by atoms with E-state index >= 15 is 0 Å². The van der Waals surface area contributed by atoms with E-state index in [0.717, 1.165) is 6.07 Å². The Bertz CT molecular complexity index is 405. The predicted octanol–water partition coefficient (Wildman–Crippen LogP) is 1.13. The van der Waals surface area contributed by atoms with Gasteiger partial charge in [0.25, 0.3) is 5.91 Å². The number of rotatable bonds is 1. The lowest BCUT2D eigenvalue weighted by Crippen LogP contribution is -2.20. The van der Waals surface area contributed by atoms with Crippen molar-refractivity contribution >= 4 is 12.0 Å². The van der Waals surface area contributed by atoms with E-state index in [1.807, 2.05) is 5.32 Å². The summed E-state index contributed by atoms with van der Waals surface area (Å²) in [7, 11) is 0. The van der Waals surface area contributed by atoms with Crippen molar-refractivity contribution in [3.8, 4) is 0 Å². The van der Waals surface area contributed by atoms with Crippen molar-refractivity contribution in [1.29, 1.82) is 0 Å². The summed E-state index contributed by atoms with van der Waals surface area (Å²) in [6, 6.07) is 5.37. The van der Waals surface area contributed by atoms with Crippen LogP contribution in [0.15, 0.2) is 24.3 Å². The largest absolute Gasteiger partial charge is 0.431 e. The third-order valence-corrected chi connectivity index (χ3v) is 1.84. The standard InChI is InChI=1S/C9H6FNO3/c10-6-3-1-2-5(4-6)7-8(12)11-9(13)14-7/h1-4,7H,(H,11,12,13)/t7-/m0/s1. The Morgan fingerprint density at radius 3 is 2.71 bits per heavy atom. The second-order valence-corrected chi connectivity index (χ2v) is 2.83. The van der Waals surface area contributed by atoms with Crippen LogP contribution in [0.5, 0.6) is 0 Å². The van der Waals surface area contributed by atoms with Crippen LogP contribution in [-0.4, -0.2) is 12.0 Å². The van der Waals surface area contributed by atoms with E-state index in [0.29, 0.717) is 5.56 Å². The highest BCUT2D eigenvalue weighted by molar-refractivity contribution is 6.00. The van der Waals surface area contributed by atoms with Crippen LogP contribution in [0.2, 0.25) is 0 Å². The maximum atomic E-state index is 12.8. The number of hydrogen-bond donors (Lipinski definition) is 1. The fourth-order valence-electron chi connectivity index (χ4n) is 1.25. The molecule has 1 aliphatic rings. The summed E-state index contributed by atoms with van der Waals surface area (Å²) in [4.78, 5) is 21.8. The van der Waals surface area contributed by atoms with E-state index in [1.165, 1.54) is 18.2 Å². The fourth-order valence-corrected chi connectivity index (χ4v) is 1.25. The molecule has 0 saturated carbocycles. The molecule has 1 N–H and O–H groups in total. The Morgan fingerprint density at radius 2 is 2.14 bits per heavy atom. The van der Waals surface area contributed by atoms with Gasteiger partial charge in [-0.1, -0.05) is 12.1 Å². The third-order valence-electron chi connectivity index (χ3n) is 1.84. The van der Waals surface area contributed by atoms with Crippen LogP contribution in [0, 0.1) is 5.82 Å². The summed E-state index contributed by atoms with van der Waals surface area (Å²) >= 11 is 0. The molecule has 4 nitrogen and oxygen atoms in total. The number of ether oxygens (including phenoxy) is 1. The van der Waals surface area contributed by atoms with Gasteiger partial charge >= 0.3 is 6.09 Å². The molecule has 0 aliphatic carbocycles. The highest BCUT2D eigenvalue weighted by Crippen LogP contribution is 2.22. The number of carbonyl (C=O) groups excluding carboxylic acids is 2. The maximum Gasteiger partial charge on any atom is 0.415 e. The van der Waals surface area contributed by atoms with E-state index < -0.39 is 23.9 Å². The van der Waals surface area contributed by atoms with Crippen molar-refractivity contribution in [2.75, 3.05) is 0 Å². The molecule has 0 spiro atoms. The van der Waals surface area contributed by atoms with Crippen molar-refractivity contribution in [1.82, 2.24) is 5.32 Å². The molecule has 1 fully saturated rings. The van der Waals surface area contributed by atoms with Gasteiger partial charge in [-0.25, -0.2) is 9.18 Å². The minimum absolute atomic E-state index is 0.327. The number of cyclic esters (lactones) is 1. The molecule has 72 valence electrons. The molecule has 1 aliphatic heterocycles. The van der Waals surface area contributed by atoms with Crippen molar-refractivity contribution < 1.29 is 18.7 Å². The Hall–Kier alpha value is -1.91. The van der Waals surface area contributed by atoms with E-state index in [-0.39, 0.29) is 0 Å². The van der Waals surface area contributed by atoms with Crippen molar-refractivity contribution in [2.24, 2.45) is 0 Å². The molecule has 5 heteroatoms.